The molecule has 2 aliphatic heterocycles. The number of rotatable bonds is 2. The average Bonchev–Trinajstić information content (AvgIpc) is 2.46. The van der Waals surface area contributed by atoms with Gasteiger partial charge in [0.1, 0.15) is 5.60 Å². The summed E-state index contributed by atoms with van der Waals surface area (Å²) in [6.07, 6.45) is 4.69. The van der Waals surface area contributed by atoms with E-state index in [1.54, 1.807) is 4.90 Å². The Morgan fingerprint density at radius 1 is 1.00 bits per heavy atom. The molecule has 2 fully saturated rings. The van der Waals surface area contributed by atoms with Gasteiger partial charge in [0.2, 0.25) is 5.91 Å². The second-order valence-electron chi connectivity index (χ2n) is 7.27. The lowest BCUT2D eigenvalue weighted by Crippen LogP contribution is -2.50. The number of ether oxygens (including phenoxy) is 1. The summed E-state index contributed by atoms with van der Waals surface area (Å²) >= 11 is 0. The Morgan fingerprint density at radius 2 is 1.59 bits per heavy atom. The zero-order valence-electron chi connectivity index (χ0n) is 14.1. The van der Waals surface area contributed by atoms with Crippen molar-refractivity contribution in [1.29, 1.82) is 0 Å². The molecule has 2 heterocycles. The quantitative estimate of drug-likeness (QED) is 0.849. The minimum Gasteiger partial charge on any atom is -0.444 e. The molecule has 2 saturated heterocycles. The third-order valence-electron chi connectivity index (χ3n) is 4.14. The first kappa shape index (κ1) is 17.1. The van der Waals surface area contributed by atoms with Crippen molar-refractivity contribution in [3.63, 3.8) is 0 Å². The van der Waals surface area contributed by atoms with E-state index in [9.17, 15) is 9.59 Å². The van der Waals surface area contributed by atoms with Crippen LogP contribution in [0.4, 0.5) is 4.79 Å². The zero-order valence-corrected chi connectivity index (χ0v) is 14.1. The highest BCUT2D eigenvalue weighted by Crippen LogP contribution is 2.20. The van der Waals surface area contributed by atoms with Gasteiger partial charge in [0.15, 0.2) is 0 Å². The Morgan fingerprint density at radius 3 is 2.14 bits per heavy atom. The lowest BCUT2D eigenvalue weighted by Gasteiger charge is -2.34. The molecular formula is C16H29N3O3. The van der Waals surface area contributed by atoms with Crippen molar-refractivity contribution >= 4 is 12.0 Å². The van der Waals surface area contributed by atoms with Crippen LogP contribution in [-0.4, -0.2) is 53.7 Å². The third kappa shape index (κ3) is 5.16. The molecule has 0 aromatic heterocycles. The second-order valence-corrected chi connectivity index (χ2v) is 7.27. The number of carbonyl (C=O) groups excluding carboxylic acids is 2. The number of likely N-dealkylation sites (tertiary alicyclic amines) is 1. The summed E-state index contributed by atoms with van der Waals surface area (Å²) in [7, 11) is 0. The minimum absolute atomic E-state index is 0.000568. The molecule has 126 valence electrons. The number of hydrogen-bond donors (Lipinski definition) is 1. The SMILES string of the molecule is CC(C)(C)OC(=O)N1CCC(C(=O)NN2CCCCC2)CC1. The molecule has 0 bridgehead atoms. The highest BCUT2D eigenvalue weighted by molar-refractivity contribution is 5.78. The monoisotopic (exact) mass is 311 g/mol. The Hall–Kier alpha value is -1.30. The van der Waals surface area contributed by atoms with E-state index in [1.165, 1.54) is 6.42 Å². The molecule has 0 unspecified atom stereocenters. The van der Waals surface area contributed by atoms with Crippen LogP contribution >= 0.6 is 0 Å². The van der Waals surface area contributed by atoms with E-state index in [0.29, 0.717) is 25.9 Å². The van der Waals surface area contributed by atoms with E-state index >= 15 is 0 Å². The summed E-state index contributed by atoms with van der Waals surface area (Å²) in [5, 5.41) is 2.03. The van der Waals surface area contributed by atoms with E-state index < -0.39 is 5.60 Å². The lowest BCUT2D eigenvalue weighted by molar-refractivity contribution is -0.132. The maximum atomic E-state index is 12.3. The molecule has 0 aromatic carbocycles. The molecule has 2 rings (SSSR count). The molecule has 6 nitrogen and oxygen atoms in total. The van der Waals surface area contributed by atoms with Crippen LogP contribution in [-0.2, 0) is 9.53 Å². The zero-order chi connectivity index (χ0) is 16.2. The fourth-order valence-corrected chi connectivity index (χ4v) is 2.90. The largest absolute Gasteiger partial charge is 0.444 e. The number of hydrazine groups is 1. The van der Waals surface area contributed by atoms with Crippen molar-refractivity contribution in [2.75, 3.05) is 26.2 Å². The third-order valence-corrected chi connectivity index (χ3v) is 4.14. The first-order valence-electron chi connectivity index (χ1n) is 8.38. The highest BCUT2D eigenvalue weighted by Gasteiger charge is 2.30. The van der Waals surface area contributed by atoms with E-state index in [1.807, 2.05) is 25.8 Å². The fraction of sp³-hybridized carbons (Fsp3) is 0.875. The van der Waals surface area contributed by atoms with Gasteiger partial charge in [-0.15, -0.1) is 0 Å². The molecular weight excluding hydrogens is 282 g/mol. The van der Waals surface area contributed by atoms with Crippen LogP contribution in [0.1, 0.15) is 52.9 Å². The first-order valence-corrected chi connectivity index (χ1v) is 8.38. The molecule has 0 atom stereocenters. The molecule has 2 aliphatic rings. The number of nitrogens with one attached hydrogen (secondary N) is 1. The maximum absolute atomic E-state index is 12.3. The van der Waals surface area contributed by atoms with Crippen molar-refractivity contribution in [3.05, 3.63) is 0 Å². The number of piperidine rings is 2. The number of amides is 2. The Labute approximate surface area is 133 Å². The minimum atomic E-state index is -0.473. The molecule has 2 amide bonds. The van der Waals surface area contributed by atoms with Gasteiger partial charge in [-0.05, 0) is 46.5 Å². The van der Waals surface area contributed by atoms with E-state index in [2.05, 4.69) is 5.43 Å². The summed E-state index contributed by atoms with van der Waals surface area (Å²) in [6, 6.07) is 0. The summed E-state index contributed by atoms with van der Waals surface area (Å²) in [4.78, 5) is 26.0. The van der Waals surface area contributed by atoms with Crippen molar-refractivity contribution in [2.24, 2.45) is 5.92 Å². The standard InChI is InChI=1S/C16H29N3O3/c1-16(2,3)22-15(21)18-11-7-13(8-12-18)14(20)17-19-9-5-4-6-10-19/h13H,4-12H2,1-3H3,(H,17,20). The van der Waals surface area contributed by atoms with Crippen LogP contribution in [0.3, 0.4) is 0 Å². The predicted molar refractivity (Wildman–Crippen MR) is 84.1 cm³/mol. The summed E-state index contributed by atoms with van der Waals surface area (Å²) in [6.45, 7) is 8.67. The summed E-state index contributed by atoms with van der Waals surface area (Å²) < 4.78 is 5.37. The molecule has 0 aliphatic carbocycles. The smallest absolute Gasteiger partial charge is 0.410 e. The molecule has 0 saturated carbocycles. The lowest BCUT2D eigenvalue weighted by atomic mass is 9.96. The van der Waals surface area contributed by atoms with Gasteiger partial charge in [-0.2, -0.15) is 0 Å². The van der Waals surface area contributed by atoms with E-state index in [-0.39, 0.29) is 17.9 Å². The van der Waals surface area contributed by atoms with Gasteiger partial charge in [-0.3, -0.25) is 10.2 Å². The van der Waals surface area contributed by atoms with Gasteiger partial charge < -0.3 is 9.64 Å². The van der Waals surface area contributed by atoms with Crippen LogP contribution in [0.2, 0.25) is 0 Å². The molecule has 6 heteroatoms. The molecule has 22 heavy (non-hydrogen) atoms. The molecule has 0 radical (unpaired) electrons. The maximum Gasteiger partial charge on any atom is 0.410 e. The summed E-state index contributed by atoms with van der Waals surface area (Å²) in [5.41, 5.74) is 2.56. The first-order chi connectivity index (χ1) is 10.3. The van der Waals surface area contributed by atoms with Crippen LogP contribution in [0.5, 0.6) is 0 Å². The molecule has 1 N–H and O–H groups in total. The van der Waals surface area contributed by atoms with Crippen molar-refractivity contribution in [1.82, 2.24) is 15.3 Å². The average molecular weight is 311 g/mol. The van der Waals surface area contributed by atoms with E-state index in [4.69, 9.17) is 4.74 Å². The normalized spacial score (nSPS) is 21.5. The van der Waals surface area contributed by atoms with Crippen LogP contribution in [0.15, 0.2) is 0 Å². The Balaban J connectivity index is 1.74. The van der Waals surface area contributed by atoms with Crippen molar-refractivity contribution in [2.45, 2.75) is 58.5 Å². The molecule has 0 aromatic rings. The van der Waals surface area contributed by atoms with E-state index in [0.717, 1.165) is 25.9 Å². The van der Waals surface area contributed by atoms with Crippen LogP contribution in [0, 0.1) is 5.92 Å². The summed E-state index contributed by atoms with van der Waals surface area (Å²) in [5.74, 6) is 0.103. The predicted octanol–water partition coefficient (Wildman–Crippen LogP) is 2.15. The number of nitrogens with zero attached hydrogens (tertiary/aromatic N) is 2. The number of hydrogen-bond acceptors (Lipinski definition) is 4. The molecule has 0 spiro atoms. The second kappa shape index (κ2) is 7.31. The fourth-order valence-electron chi connectivity index (χ4n) is 2.90. The van der Waals surface area contributed by atoms with Gasteiger partial charge >= 0.3 is 6.09 Å². The topological polar surface area (TPSA) is 61.9 Å². The Kier molecular flexibility index (Phi) is 5.67. The van der Waals surface area contributed by atoms with Crippen molar-refractivity contribution < 1.29 is 14.3 Å². The highest BCUT2D eigenvalue weighted by atomic mass is 16.6. The van der Waals surface area contributed by atoms with Gasteiger partial charge in [0, 0.05) is 32.1 Å². The van der Waals surface area contributed by atoms with Gasteiger partial charge in [-0.25, -0.2) is 9.80 Å². The van der Waals surface area contributed by atoms with Crippen LogP contribution in [0.25, 0.3) is 0 Å². The van der Waals surface area contributed by atoms with Crippen LogP contribution < -0.4 is 5.43 Å². The number of carbonyl (C=O) groups is 2. The van der Waals surface area contributed by atoms with Gasteiger partial charge in [-0.1, -0.05) is 6.42 Å². The van der Waals surface area contributed by atoms with Gasteiger partial charge in [0.05, 0.1) is 0 Å². The Bertz CT molecular complexity index is 392. The van der Waals surface area contributed by atoms with Crippen molar-refractivity contribution in [3.8, 4) is 0 Å². The van der Waals surface area contributed by atoms with Gasteiger partial charge in [0.25, 0.3) is 0 Å².